The number of rotatable bonds is 8. The van der Waals surface area contributed by atoms with Gasteiger partial charge in [0.15, 0.2) is 0 Å². The quantitative estimate of drug-likeness (QED) is 0.270. The molecular weight excluding hydrogens is 420 g/mol. The Morgan fingerprint density at radius 2 is 1.44 bits per heavy atom. The van der Waals surface area contributed by atoms with Crippen LogP contribution in [-0.4, -0.2) is 15.9 Å². The van der Waals surface area contributed by atoms with E-state index in [0.29, 0.717) is 6.42 Å². The zero-order valence-electron chi connectivity index (χ0n) is 18.8. The molecular formula is C29H26N4O. The van der Waals surface area contributed by atoms with E-state index in [0.717, 1.165) is 41.1 Å². The summed E-state index contributed by atoms with van der Waals surface area (Å²) in [5.74, 6) is -0.0214. The SMILES string of the molecule is O=C(CCCc1c(-c2ccccn2)[nH]c2ccccc12)NN(c1ccccc1)c1ccccc1. The highest BCUT2D eigenvalue weighted by molar-refractivity contribution is 5.90. The molecule has 5 heteroatoms. The molecule has 2 aromatic heterocycles. The van der Waals surface area contributed by atoms with Crippen LogP contribution in [0.4, 0.5) is 11.4 Å². The number of aromatic amines is 1. The topological polar surface area (TPSA) is 61.0 Å². The molecule has 1 amide bonds. The molecule has 0 atom stereocenters. The predicted octanol–water partition coefficient (Wildman–Crippen LogP) is 6.42. The third-order valence-corrected chi connectivity index (χ3v) is 5.83. The lowest BCUT2D eigenvalue weighted by atomic mass is 10.0. The number of hydrogen-bond acceptors (Lipinski definition) is 3. The van der Waals surface area contributed by atoms with Crippen molar-refractivity contribution in [3.05, 3.63) is 115 Å². The van der Waals surface area contributed by atoms with Gasteiger partial charge in [0, 0.05) is 23.5 Å². The summed E-state index contributed by atoms with van der Waals surface area (Å²) in [6, 6.07) is 33.9. The Kier molecular flexibility index (Phi) is 6.34. The number of amides is 1. The number of aromatic nitrogens is 2. The lowest BCUT2D eigenvalue weighted by Crippen LogP contribution is -2.38. The normalized spacial score (nSPS) is 10.8. The first-order chi connectivity index (χ1) is 16.8. The molecule has 0 aliphatic heterocycles. The van der Waals surface area contributed by atoms with Crippen LogP contribution >= 0.6 is 0 Å². The zero-order chi connectivity index (χ0) is 23.2. The van der Waals surface area contributed by atoms with Gasteiger partial charge in [-0.05, 0) is 60.9 Å². The largest absolute Gasteiger partial charge is 0.353 e. The monoisotopic (exact) mass is 446 g/mol. The number of hydrazine groups is 1. The molecule has 2 N–H and O–H groups in total. The van der Waals surface area contributed by atoms with Crippen LogP contribution in [0.25, 0.3) is 22.3 Å². The number of nitrogens with one attached hydrogen (secondary N) is 2. The summed E-state index contributed by atoms with van der Waals surface area (Å²) in [6.07, 6.45) is 3.72. The highest BCUT2D eigenvalue weighted by atomic mass is 16.2. The first kappa shape index (κ1) is 21.5. The van der Waals surface area contributed by atoms with E-state index in [1.165, 1.54) is 10.9 Å². The molecule has 2 heterocycles. The van der Waals surface area contributed by atoms with Crippen LogP contribution in [0.5, 0.6) is 0 Å². The Morgan fingerprint density at radius 1 is 0.794 bits per heavy atom. The second-order valence-corrected chi connectivity index (χ2v) is 8.13. The maximum Gasteiger partial charge on any atom is 0.238 e. The molecule has 5 aromatic rings. The lowest BCUT2D eigenvalue weighted by Gasteiger charge is -2.25. The average Bonchev–Trinajstić information content (AvgIpc) is 3.27. The summed E-state index contributed by atoms with van der Waals surface area (Å²) >= 11 is 0. The summed E-state index contributed by atoms with van der Waals surface area (Å²) in [5, 5.41) is 3.02. The molecule has 0 saturated heterocycles. The van der Waals surface area contributed by atoms with Crippen molar-refractivity contribution in [1.82, 2.24) is 15.4 Å². The third kappa shape index (κ3) is 4.69. The van der Waals surface area contributed by atoms with Crippen molar-refractivity contribution in [2.45, 2.75) is 19.3 Å². The lowest BCUT2D eigenvalue weighted by molar-refractivity contribution is -0.121. The number of pyridine rings is 1. The Balaban J connectivity index is 1.32. The Labute approximate surface area is 199 Å². The van der Waals surface area contributed by atoms with Gasteiger partial charge in [-0.2, -0.15) is 0 Å². The molecule has 3 aromatic carbocycles. The van der Waals surface area contributed by atoms with Crippen molar-refractivity contribution >= 4 is 28.2 Å². The molecule has 0 saturated carbocycles. The van der Waals surface area contributed by atoms with Crippen molar-refractivity contribution in [2.24, 2.45) is 0 Å². The van der Waals surface area contributed by atoms with Gasteiger partial charge in [0.2, 0.25) is 5.91 Å². The number of anilines is 2. The molecule has 34 heavy (non-hydrogen) atoms. The van der Waals surface area contributed by atoms with Gasteiger partial charge in [0.05, 0.1) is 22.8 Å². The van der Waals surface area contributed by atoms with E-state index in [4.69, 9.17) is 0 Å². The molecule has 5 rings (SSSR count). The van der Waals surface area contributed by atoms with E-state index >= 15 is 0 Å². The molecule has 0 aliphatic carbocycles. The average molecular weight is 447 g/mol. The number of aryl methyl sites for hydroxylation is 1. The van der Waals surface area contributed by atoms with Crippen LogP contribution in [0.2, 0.25) is 0 Å². The van der Waals surface area contributed by atoms with Gasteiger partial charge in [-0.3, -0.25) is 20.2 Å². The van der Waals surface area contributed by atoms with Gasteiger partial charge in [0.1, 0.15) is 0 Å². The van der Waals surface area contributed by atoms with Crippen molar-refractivity contribution in [3.63, 3.8) is 0 Å². The highest BCUT2D eigenvalue weighted by Gasteiger charge is 2.16. The fourth-order valence-corrected chi connectivity index (χ4v) is 4.23. The van der Waals surface area contributed by atoms with Crippen LogP contribution in [-0.2, 0) is 11.2 Å². The minimum atomic E-state index is -0.0214. The van der Waals surface area contributed by atoms with E-state index in [9.17, 15) is 4.79 Å². The molecule has 0 bridgehead atoms. The molecule has 5 nitrogen and oxygen atoms in total. The Bertz CT molecular complexity index is 1330. The molecule has 0 spiro atoms. The van der Waals surface area contributed by atoms with E-state index in [1.54, 1.807) is 6.20 Å². The minimum Gasteiger partial charge on any atom is -0.353 e. The molecule has 0 aliphatic rings. The predicted molar refractivity (Wildman–Crippen MR) is 138 cm³/mol. The van der Waals surface area contributed by atoms with E-state index < -0.39 is 0 Å². The summed E-state index contributed by atoms with van der Waals surface area (Å²) in [7, 11) is 0. The van der Waals surface area contributed by atoms with Crippen LogP contribution in [0.3, 0.4) is 0 Å². The van der Waals surface area contributed by atoms with Gasteiger partial charge in [-0.1, -0.05) is 60.7 Å². The fourth-order valence-electron chi connectivity index (χ4n) is 4.23. The van der Waals surface area contributed by atoms with E-state index in [-0.39, 0.29) is 5.91 Å². The highest BCUT2D eigenvalue weighted by Crippen LogP contribution is 2.30. The number of para-hydroxylation sites is 3. The van der Waals surface area contributed by atoms with Crippen molar-refractivity contribution in [3.8, 4) is 11.4 Å². The van der Waals surface area contributed by atoms with Crippen LogP contribution < -0.4 is 10.4 Å². The van der Waals surface area contributed by atoms with Gasteiger partial charge >= 0.3 is 0 Å². The second kappa shape index (κ2) is 10.0. The number of carbonyl (C=O) groups is 1. The number of fused-ring (bicyclic) bond motifs is 1. The zero-order valence-corrected chi connectivity index (χ0v) is 18.8. The van der Waals surface area contributed by atoms with Gasteiger partial charge < -0.3 is 4.98 Å². The Hall–Kier alpha value is -4.38. The summed E-state index contributed by atoms with van der Waals surface area (Å²) in [4.78, 5) is 21.0. The fraction of sp³-hybridized carbons (Fsp3) is 0.103. The third-order valence-electron chi connectivity index (χ3n) is 5.83. The van der Waals surface area contributed by atoms with Crippen molar-refractivity contribution in [2.75, 3.05) is 5.01 Å². The van der Waals surface area contributed by atoms with Crippen LogP contribution in [0.1, 0.15) is 18.4 Å². The summed E-state index contributed by atoms with van der Waals surface area (Å²) in [5.41, 5.74) is 9.14. The second-order valence-electron chi connectivity index (χ2n) is 8.13. The molecule has 0 radical (unpaired) electrons. The molecule has 0 unspecified atom stereocenters. The number of benzene rings is 3. The number of H-pyrrole nitrogens is 1. The summed E-state index contributed by atoms with van der Waals surface area (Å²) in [6.45, 7) is 0. The van der Waals surface area contributed by atoms with Gasteiger partial charge in [-0.15, -0.1) is 0 Å². The molecule has 168 valence electrons. The van der Waals surface area contributed by atoms with Crippen molar-refractivity contribution < 1.29 is 4.79 Å². The van der Waals surface area contributed by atoms with E-state index in [2.05, 4.69) is 27.5 Å². The van der Waals surface area contributed by atoms with Crippen LogP contribution in [0, 0.1) is 0 Å². The standard InChI is InChI=1S/C29H26N4O/c34-28(32-33(22-12-3-1-4-13-22)23-14-5-2-6-15-23)20-11-17-25-24-16-7-8-18-26(24)31-29(25)27-19-9-10-21-30-27/h1-10,12-16,18-19,21,31H,11,17,20H2,(H,32,34). The van der Waals surface area contributed by atoms with Crippen molar-refractivity contribution in [1.29, 1.82) is 0 Å². The summed E-state index contributed by atoms with van der Waals surface area (Å²) < 4.78 is 0. The molecule has 0 fully saturated rings. The first-order valence-corrected chi connectivity index (χ1v) is 11.5. The number of nitrogens with zero attached hydrogens (tertiary/aromatic N) is 2. The first-order valence-electron chi connectivity index (χ1n) is 11.5. The maximum atomic E-state index is 13.0. The van der Waals surface area contributed by atoms with E-state index in [1.807, 2.05) is 96.0 Å². The van der Waals surface area contributed by atoms with Crippen LogP contribution in [0.15, 0.2) is 109 Å². The van der Waals surface area contributed by atoms with Gasteiger partial charge in [0.25, 0.3) is 0 Å². The maximum absolute atomic E-state index is 13.0. The minimum absolute atomic E-state index is 0.0214. The smallest absolute Gasteiger partial charge is 0.238 e. The van der Waals surface area contributed by atoms with Gasteiger partial charge in [-0.25, -0.2) is 0 Å². The number of hydrogen-bond donors (Lipinski definition) is 2. The number of carbonyl (C=O) groups excluding carboxylic acids is 1. The Morgan fingerprint density at radius 3 is 2.12 bits per heavy atom.